The number of ketones is 1. The summed E-state index contributed by atoms with van der Waals surface area (Å²) in [5.41, 5.74) is 0.951. The van der Waals surface area contributed by atoms with Gasteiger partial charge in [0.2, 0.25) is 0 Å². The van der Waals surface area contributed by atoms with Crippen molar-refractivity contribution in [3.05, 3.63) is 35.9 Å². The highest BCUT2D eigenvalue weighted by Crippen LogP contribution is 2.22. The second kappa shape index (κ2) is 4.73. The smallest absolute Gasteiger partial charge is 0.185 e. The normalized spacial score (nSPS) is 13.6. The van der Waals surface area contributed by atoms with E-state index in [9.17, 15) is 4.79 Å². The summed E-state index contributed by atoms with van der Waals surface area (Å²) < 4.78 is 5.87. The first-order valence-electron chi connectivity index (χ1n) is 5.13. The number of carbonyl (C=O) groups excluding carboxylic acids is 1. The molecule has 0 spiro atoms. The van der Waals surface area contributed by atoms with Gasteiger partial charge in [-0.05, 0) is 32.1 Å². The zero-order valence-corrected chi connectivity index (χ0v) is 10.8. The Bertz CT molecular complexity index is 327. The van der Waals surface area contributed by atoms with Gasteiger partial charge in [0.15, 0.2) is 14.1 Å². The molecule has 0 N–H and O–H groups in total. The topological polar surface area (TPSA) is 26.3 Å². The van der Waals surface area contributed by atoms with Crippen LogP contribution in [0.3, 0.4) is 0 Å². The molecule has 3 heteroatoms. The fraction of sp³-hybridized carbons (Fsp3) is 0.417. The van der Waals surface area contributed by atoms with E-state index in [0.29, 0.717) is 0 Å². The Labute approximate surface area is 92.4 Å². The Balaban J connectivity index is 2.90. The Morgan fingerprint density at radius 2 is 1.73 bits per heavy atom. The van der Waals surface area contributed by atoms with Gasteiger partial charge in [-0.25, -0.2) is 0 Å². The third-order valence-corrected chi connectivity index (χ3v) is 2.89. The van der Waals surface area contributed by atoms with Crippen molar-refractivity contribution in [2.45, 2.75) is 32.7 Å². The highest BCUT2D eigenvalue weighted by atomic mass is 28.4. The second-order valence-corrected chi connectivity index (χ2v) is 9.09. The van der Waals surface area contributed by atoms with E-state index in [4.69, 9.17) is 4.43 Å². The lowest BCUT2D eigenvalue weighted by Crippen LogP contribution is -2.30. The quantitative estimate of drug-likeness (QED) is 0.731. The summed E-state index contributed by atoms with van der Waals surface area (Å²) in [5.74, 6) is 0.0728. The Hall–Kier alpha value is -0.933. The minimum atomic E-state index is -1.69. The highest BCUT2D eigenvalue weighted by molar-refractivity contribution is 6.69. The highest BCUT2D eigenvalue weighted by Gasteiger charge is 2.25. The van der Waals surface area contributed by atoms with E-state index in [1.807, 2.05) is 30.3 Å². The van der Waals surface area contributed by atoms with Gasteiger partial charge >= 0.3 is 0 Å². The van der Waals surface area contributed by atoms with E-state index >= 15 is 0 Å². The summed E-state index contributed by atoms with van der Waals surface area (Å²) in [5, 5.41) is 0. The van der Waals surface area contributed by atoms with Crippen LogP contribution in [0.5, 0.6) is 0 Å². The Kier molecular flexibility index (Phi) is 3.82. The van der Waals surface area contributed by atoms with Gasteiger partial charge in [-0.1, -0.05) is 30.3 Å². The fourth-order valence-electron chi connectivity index (χ4n) is 1.37. The number of benzene rings is 1. The Morgan fingerprint density at radius 3 is 2.13 bits per heavy atom. The maximum atomic E-state index is 11.5. The number of hydrogen-bond donors (Lipinski definition) is 0. The van der Waals surface area contributed by atoms with Crippen LogP contribution in [0.1, 0.15) is 18.6 Å². The van der Waals surface area contributed by atoms with Gasteiger partial charge < -0.3 is 4.43 Å². The predicted molar refractivity (Wildman–Crippen MR) is 64.3 cm³/mol. The molecular formula is C12H18O2Si. The van der Waals surface area contributed by atoms with Crippen molar-refractivity contribution in [3.8, 4) is 0 Å². The zero-order chi connectivity index (χ0) is 11.5. The third-order valence-electron chi connectivity index (χ3n) is 1.94. The fourth-order valence-corrected chi connectivity index (χ4v) is 2.38. The van der Waals surface area contributed by atoms with Crippen molar-refractivity contribution in [2.24, 2.45) is 0 Å². The average molecular weight is 222 g/mol. The molecule has 0 aliphatic heterocycles. The lowest BCUT2D eigenvalue weighted by molar-refractivity contribution is -0.124. The number of hydrogen-bond acceptors (Lipinski definition) is 2. The van der Waals surface area contributed by atoms with Gasteiger partial charge in [0.05, 0.1) is 0 Å². The molecule has 1 aromatic rings. The molecule has 0 heterocycles. The monoisotopic (exact) mass is 222 g/mol. The predicted octanol–water partition coefficient (Wildman–Crippen LogP) is 3.17. The Morgan fingerprint density at radius 1 is 1.20 bits per heavy atom. The van der Waals surface area contributed by atoms with Crippen LogP contribution in [0.2, 0.25) is 19.6 Å². The van der Waals surface area contributed by atoms with Gasteiger partial charge in [0, 0.05) is 0 Å². The third kappa shape index (κ3) is 3.97. The van der Waals surface area contributed by atoms with Gasteiger partial charge in [-0.2, -0.15) is 0 Å². The van der Waals surface area contributed by atoms with Crippen molar-refractivity contribution in [3.63, 3.8) is 0 Å². The molecule has 0 bridgehead atoms. The summed E-state index contributed by atoms with van der Waals surface area (Å²) in [6.45, 7) is 7.85. The molecule has 0 saturated heterocycles. The molecular weight excluding hydrogens is 204 g/mol. The molecule has 0 radical (unpaired) electrons. The largest absolute Gasteiger partial charge is 0.404 e. The van der Waals surface area contributed by atoms with Crippen LogP contribution in [0, 0.1) is 0 Å². The average Bonchev–Trinajstić information content (AvgIpc) is 2.14. The first-order valence-corrected chi connectivity index (χ1v) is 8.54. The number of rotatable bonds is 4. The lowest BCUT2D eigenvalue weighted by Gasteiger charge is -2.24. The molecule has 0 amide bonds. The van der Waals surface area contributed by atoms with Crippen LogP contribution < -0.4 is 0 Å². The van der Waals surface area contributed by atoms with Gasteiger partial charge in [0.25, 0.3) is 0 Å². The summed E-state index contributed by atoms with van der Waals surface area (Å²) in [4.78, 5) is 11.5. The van der Waals surface area contributed by atoms with Crippen LogP contribution in [0.15, 0.2) is 30.3 Å². The van der Waals surface area contributed by atoms with Crippen LogP contribution >= 0.6 is 0 Å². The van der Waals surface area contributed by atoms with Crippen molar-refractivity contribution in [1.82, 2.24) is 0 Å². The van der Waals surface area contributed by atoms with Crippen LogP contribution in [0.25, 0.3) is 0 Å². The zero-order valence-electron chi connectivity index (χ0n) is 9.78. The minimum absolute atomic E-state index is 0.0728. The first-order chi connectivity index (χ1) is 6.90. The molecule has 1 atom stereocenters. The molecule has 1 aromatic carbocycles. The number of Topliss-reactive ketones (excluding diaryl/α,β-unsaturated/α-hetero) is 1. The van der Waals surface area contributed by atoms with Crippen molar-refractivity contribution >= 4 is 14.1 Å². The van der Waals surface area contributed by atoms with Crippen molar-refractivity contribution in [2.75, 3.05) is 0 Å². The molecule has 1 unspecified atom stereocenters. The molecule has 1 rings (SSSR count). The van der Waals surface area contributed by atoms with E-state index in [2.05, 4.69) is 19.6 Å². The van der Waals surface area contributed by atoms with Crippen LogP contribution in [0.4, 0.5) is 0 Å². The molecule has 0 saturated carbocycles. The summed E-state index contributed by atoms with van der Waals surface area (Å²) in [6.07, 6.45) is -0.391. The maximum absolute atomic E-state index is 11.5. The minimum Gasteiger partial charge on any atom is -0.404 e. The summed E-state index contributed by atoms with van der Waals surface area (Å²) >= 11 is 0. The van der Waals surface area contributed by atoms with Gasteiger partial charge in [-0.15, -0.1) is 0 Å². The molecule has 82 valence electrons. The molecule has 0 aliphatic rings. The molecule has 0 aromatic heterocycles. The van der Waals surface area contributed by atoms with E-state index in [0.717, 1.165) is 5.56 Å². The van der Waals surface area contributed by atoms with Gasteiger partial charge in [0.1, 0.15) is 6.10 Å². The maximum Gasteiger partial charge on any atom is 0.185 e. The molecule has 0 aliphatic carbocycles. The van der Waals surface area contributed by atoms with Crippen LogP contribution in [-0.4, -0.2) is 14.1 Å². The van der Waals surface area contributed by atoms with Gasteiger partial charge in [-0.3, -0.25) is 4.79 Å². The SMILES string of the molecule is CC(=O)C(O[Si](C)(C)C)c1ccccc1. The van der Waals surface area contributed by atoms with Crippen molar-refractivity contribution < 1.29 is 9.22 Å². The second-order valence-electron chi connectivity index (χ2n) is 4.63. The molecule has 15 heavy (non-hydrogen) atoms. The van der Waals surface area contributed by atoms with E-state index in [-0.39, 0.29) is 5.78 Å². The molecule has 0 fully saturated rings. The lowest BCUT2D eigenvalue weighted by atomic mass is 10.1. The molecule has 2 nitrogen and oxygen atoms in total. The summed E-state index contributed by atoms with van der Waals surface area (Å²) in [6, 6.07) is 9.67. The summed E-state index contributed by atoms with van der Waals surface area (Å²) in [7, 11) is -1.69. The van der Waals surface area contributed by atoms with E-state index in [1.54, 1.807) is 6.92 Å². The van der Waals surface area contributed by atoms with E-state index in [1.165, 1.54) is 0 Å². The van der Waals surface area contributed by atoms with E-state index < -0.39 is 14.4 Å². The van der Waals surface area contributed by atoms with Crippen molar-refractivity contribution in [1.29, 1.82) is 0 Å². The first kappa shape index (κ1) is 12.1. The number of carbonyl (C=O) groups is 1. The van der Waals surface area contributed by atoms with Crippen LogP contribution in [-0.2, 0) is 9.22 Å². The standard InChI is InChI=1S/C12H18O2Si/c1-10(13)12(14-15(2,3)4)11-8-6-5-7-9-11/h5-9,12H,1-4H3.